The average molecular weight is 216 g/mol. The average Bonchev–Trinajstić information content (AvgIpc) is 2.27. The Hall–Kier alpha value is -2.02. The Morgan fingerprint density at radius 1 is 1.25 bits per heavy atom. The van der Waals surface area contributed by atoms with Gasteiger partial charge < -0.3 is 0 Å². The maximum atomic E-state index is 10.2. The molecular weight excluding hydrogens is 204 g/mol. The smallest absolute Gasteiger partial charge is 0.211 e. The largest absolute Gasteiger partial charge is 0.240 e. The summed E-state index contributed by atoms with van der Waals surface area (Å²) in [6, 6.07) is 5.32. The molecule has 0 aliphatic heterocycles. The van der Waals surface area contributed by atoms with Gasteiger partial charge in [-0.1, -0.05) is 19.9 Å². The van der Waals surface area contributed by atoms with Gasteiger partial charge in [0.2, 0.25) is 12.2 Å². The standard InChI is InChI=1S/C12H12N2O2/c1-9(2)12-5-11(14-8-16)4-3-10(12)6-13-7-15/h3-5,9H,6H2,1-2H3. The fourth-order valence-corrected chi connectivity index (χ4v) is 1.50. The second-order valence-electron chi connectivity index (χ2n) is 3.65. The van der Waals surface area contributed by atoms with Crippen LogP contribution in [0.1, 0.15) is 30.9 Å². The molecule has 0 atom stereocenters. The number of hydrogen-bond donors (Lipinski definition) is 0. The van der Waals surface area contributed by atoms with Crippen LogP contribution >= 0.6 is 0 Å². The molecule has 0 aliphatic rings. The highest BCUT2D eigenvalue weighted by atomic mass is 16.1. The van der Waals surface area contributed by atoms with Gasteiger partial charge in [-0.15, -0.1) is 0 Å². The van der Waals surface area contributed by atoms with Gasteiger partial charge in [0.15, 0.2) is 0 Å². The molecule has 0 spiro atoms. The van der Waals surface area contributed by atoms with Crippen LogP contribution in [0.5, 0.6) is 0 Å². The fraction of sp³-hybridized carbons (Fsp3) is 0.333. The minimum atomic E-state index is 0.277. The predicted molar refractivity (Wildman–Crippen MR) is 60.1 cm³/mol. The minimum Gasteiger partial charge on any atom is -0.211 e. The SMILES string of the molecule is CC(C)c1cc(N=C=O)ccc1CN=C=O. The van der Waals surface area contributed by atoms with Gasteiger partial charge in [0.25, 0.3) is 0 Å². The molecule has 0 amide bonds. The topological polar surface area (TPSA) is 58.9 Å². The van der Waals surface area contributed by atoms with E-state index in [0.717, 1.165) is 11.1 Å². The number of benzene rings is 1. The third kappa shape index (κ3) is 2.99. The molecular formula is C12H12N2O2. The third-order valence-corrected chi connectivity index (χ3v) is 2.24. The first kappa shape index (κ1) is 12.1. The number of isocyanates is 2. The number of nitrogens with zero attached hydrogens (tertiary/aromatic N) is 2. The highest BCUT2D eigenvalue weighted by molar-refractivity contribution is 5.52. The van der Waals surface area contributed by atoms with Crippen molar-refractivity contribution < 1.29 is 9.59 Å². The van der Waals surface area contributed by atoms with Crippen LogP contribution in [0.15, 0.2) is 28.2 Å². The van der Waals surface area contributed by atoms with Gasteiger partial charge in [-0.05, 0) is 29.2 Å². The van der Waals surface area contributed by atoms with E-state index in [9.17, 15) is 9.59 Å². The van der Waals surface area contributed by atoms with Gasteiger partial charge in [0.05, 0.1) is 12.2 Å². The maximum absolute atomic E-state index is 10.2. The van der Waals surface area contributed by atoms with E-state index in [0.29, 0.717) is 12.2 Å². The van der Waals surface area contributed by atoms with Crippen molar-refractivity contribution in [1.82, 2.24) is 0 Å². The molecule has 1 aromatic rings. The summed E-state index contributed by atoms with van der Waals surface area (Å²) in [5.74, 6) is 0.277. The Kier molecular flexibility index (Phi) is 4.34. The summed E-state index contributed by atoms with van der Waals surface area (Å²) in [6.45, 7) is 4.36. The minimum absolute atomic E-state index is 0.277. The van der Waals surface area contributed by atoms with Crippen LogP contribution in [0.2, 0.25) is 0 Å². The number of aliphatic imine (C=N–C) groups is 2. The molecule has 0 unspecified atom stereocenters. The van der Waals surface area contributed by atoms with Crippen LogP contribution in [0.4, 0.5) is 5.69 Å². The van der Waals surface area contributed by atoms with E-state index in [4.69, 9.17) is 0 Å². The molecule has 16 heavy (non-hydrogen) atoms. The van der Waals surface area contributed by atoms with Crippen LogP contribution in [0.3, 0.4) is 0 Å². The summed E-state index contributed by atoms with van der Waals surface area (Å²) < 4.78 is 0. The summed E-state index contributed by atoms with van der Waals surface area (Å²) in [5, 5.41) is 0. The number of hydrogen-bond acceptors (Lipinski definition) is 4. The first-order valence-electron chi connectivity index (χ1n) is 4.93. The first-order chi connectivity index (χ1) is 7.69. The summed E-state index contributed by atoms with van der Waals surface area (Å²) >= 11 is 0. The molecule has 0 heterocycles. The van der Waals surface area contributed by atoms with E-state index in [-0.39, 0.29) is 5.92 Å². The second-order valence-corrected chi connectivity index (χ2v) is 3.65. The van der Waals surface area contributed by atoms with E-state index in [1.165, 1.54) is 12.2 Å². The first-order valence-corrected chi connectivity index (χ1v) is 4.93. The lowest BCUT2D eigenvalue weighted by molar-refractivity contribution is 0.562. The van der Waals surface area contributed by atoms with Crippen LogP contribution in [-0.4, -0.2) is 12.2 Å². The molecule has 0 N–H and O–H groups in total. The highest BCUT2D eigenvalue weighted by Gasteiger charge is 2.07. The van der Waals surface area contributed by atoms with Crippen molar-refractivity contribution in [2.24, 2.45) is 9.98 Å². The molecule has 4 nitrogen and oxygen atoms in total. The van der Waals surface area contributed by atoms with Gasteiger partial charge in [-0.25, -0.2) is 14.6 Å². The summed E-state index contributed by atoms with van der Waals surface area (Å²) in [5.41, 5.74) is 2.54. The van der Waals surface area contributed by atoms with Crippen LogP contribution in [0, 0.1) is 0 Å². The lowest BCUT2D eigenvalue weighted by Crippen LogP contribution is -1.95. The molecule has 4 heteroatoms. The highest BCUT2D eigenvalue weighted by Crippen LogP contribution is 2.25. The Morgan fingerprint density at radius 3 is 2.56 bits per heavy atom. The Morgan fingerprint density at radius 2 is 2.00 bits per heavy atom. The van der Waals surface area contributed by atoms with Crippen molar-refractivity contribution in [3.63, 3.8) is 0 Å². The molecule has 0 bridgehead atoms. The van der Waals surface area contributed by atoms with Gasteiger partial charge >= 0.3 is 0 Å². The summed E-state index contributed by atoms with van der Waals surface area (Å²) in [7, 11) is 0. The van der Waals surface area contributed by atoms with E-state index in [1.807, 2.05) is 26.0 Å². The molecule has 0 radical (unpaired) electrons. The molecule has 0 aliphatic carbocycles. The Balaban J connectivity index is 3.18. The monoisotopic (exact) mass is 216 g/mol. The summed E-state index contributed by atoms with van der Waals surface area (Å²) in [6.07, 6.45) is 3.01. The maximum Gasteiger partial charge on any atom is 0.240 e. The lowest BCUT2D eigenvalue weighted by Gasteiger charge is -2.11. The van der Waals surface area contributed by atoms with Crippen molar-refractivity contribution >= 4 is 17.8 Å². The van der Waals surface area contributed by atoms with Crippen molar-refractivity contribution in [1.29, 1.82) is 0 Å². The van der Waals surface area contributed by atoms with Crippen molar-refractivity contribution in [3.05, 3.63) is 29.3 Å². The molecule has 1 aromatic carbocycles. The van der Waals surface area contributed by atoms with Crippen LogP contribution in [0.25, 0.3) is 0 Å². The van der Waals surface area contributed by atoms with Crippen LogP contribution < -0.4 is 0 Å². The van der Waals surface area contributed by atoms with Crippen LogP contribution in [-0.2, 0) is 16.1 Å². The zero-order valence-electron chi connectivity index (χ0n) is 9.23. The van der Waals surface area contributed by atoms with Crippen molar-refractivity contribution in [2.75, 3.05) is 0 Å². The predicted octanol–water partition coefficient (Wildman–Crippen LogP) is 2.61. The van der Waals surface area contributed by atoms with Crippen molar-refractivity contribution in [3.8, 4) is 0 Å². The molecule has 1 rings (SSSR count). The fourth-order valence-electron chi connectivity index (χ4n) is 1.50. The normalized spacial score (nSPS) is 9.44. The lowest BCUT2D eigenvalue weighted by atomic mass is 9.96. The van der Waals surface area contributed by atoms with Gasteiger partial charge in [-0.3, -0.25) is 0 Å². The van der Waals surface area contributed by atoms with Gasteiger partial charge in [-0.2, -0.15) is 4.99 Å². The van der Waals surface area contributed by atoms with Crippen molar-refractivity contribution in [2.45, 2.75) is 26.3 Å². The van der Waals surface area contributed by atoms with Gasteiger partial charge in [0, 0.05) is 0 Å². The van der Waals surface area contributed by atoms with E-state index < -0.39 is 0 Å². The summed E-state index contributed by atoms with van der Waals surface area (Å²) in [4.78, 5) is 27.3. The number of rotatable bonds is 4. The molecule has 0 fully saturated rings. The Labute approximate surface area is 93.7 Å². The van der Waals surface area contributed by atoms with E-state index in [2.05, 4.69) is 9.98 Å². The van der Waals surface area contributed by atoms with E-state index in [1.54, 1.807) is 6.07 Å². The zero-order valence-corrected chi connectivity index (χ0v) is 9.23. The zero-order chi connectivity index (χ0) is 12.0. The van der Waals surface area contributed by atoms with Gasteiger partial charge in [0.1, 0.15) is 0 Å². The molecule has 82 valence electrons. The van der Waals surface area contributed by atoms with E-state index >= 15 is 0 Å². The molecule has 0 saturated carbocycles. The molecule has 0 aromatic heterocycles. The third-order valence-electron chi connectivity index (χ3n) is 2.24. The second kappa shape index (κ2) is 5.76. The molecule has 0 saturated heterocycles. The number of carbonyl (C=O) groups excluding carboxylic acids is 2. The Bertz CT molecular complexity index is 468. The quantitative estimate of drug-likeness (QED) is 0.573.